The van der Waals surface area contributed by atoms with Crippen LogP contribution in [0.1, 0.15) is 69.3 Å². The van der Waals surface area contributed by atoms with Gasteiger partial charge < -0.3 is 54.7 Å². The minimum atomic E-state index is -5.44. The van der Waals surface area contributed by atoms with Crippen LogP contribution >= 0.6 is 7.82 Å². The van der Waals surface area contributed by atoms with Crippen LogP contribution in [0.5, 0.6) is 0 Å². The van der Waals surface area contributed by atoms with Gasteiger partial charge >= 0.3 is 45.1 Å². The number of carbonyl (C=O) groups is 5. The highest BCUT2D eigenvalue weighted by Crippen LogP contribution is 2.43. The summed E-state index contributed by atoms with van der Waals surface area (Å²) in [5.74, 6) is -0.477. The average molecular weight is 1300 g/mol. The fraction of sp³-hybridized carbons (Fsp3) is 0.509. The van der Waals surface area contributed by atoms with E-state index in [9.17, 15) is 78.6 Å². The molecule has 5 heterocycles. The van der Waals surface area contributed by atoms with Crippen LogP contribution in [0.2, 0.25) is 0 Å². The van der Waals surface area contributed by atoms with E-state index in [0.717, 1.165) is 38.2 Å². The van der Waals surface area contributed by atoms with E-state index < -0.39 is 147 Å². The highest BCUT2D eigenvalue weighted by molar-refractivity contribution is 7.46. The number of hydrazine groups is 1. The van der Waals surface area contributed by atoms with Crippen LogP contribution in [0.15, 0.2) is 61.1 Å². The van der Waals surface area contributed by atoms with Crippen molar-refractivity contribution in [3.05, 3.63) is 94.9 Å². The summed E-state index contributed by atoms with van der Waals surface area (Å²) in [6.45, 7) is -2.98. The van der Waals surface area contributed by atoms with E-state index in [4.69, 9.17) is 9.47 Å². The number of phosphoric acid groups is 1. The van der Waals surface area contributed by atoms with E-state index in [1.165, 1.54) is 42.0 Å². The largest absolute Gasteiger partial charge is 0.510 e. The second-order valence-electron chi connectivity index (χ2n) is 21.9. The number of piperazine rings is 1. The van der Waals surface area contributed by atoms with Crippen molar-refractivity contribution in [1.82, 2.24) is 51.0 Å². The first-order valence-corrected chi connectivity index (χ1v) is 28.3. The molecule has 6 atom stereocenters. The van der Waals surface area contributed by atoms with E-state index in [2.05, 4.69) is 56.0 Å². The normalized spacial score (nSPS) is 18.0. The quantitative estimate of drug-likeness (QED) is 0.0109. The number of anilines is 1. The topological polar surface area (TPSA) is 311 Å². The Morgan fingerprint density at radius 3 is 1.90 bits per heavy atom. The molecule has 0 radical (unpaired) electrons. The first-order chi connectivity index (χ1) is 41.5. The van der Waals surface area contributed by atoms with Crippen molar-refractivity contribution in [3.63, 3.8) is 0 Å². The Kier molecular flexibility index (Phi) is 21.5. The molecule has 0 spiro atoms. The molecule has 3 aliphatic heterocycles. The van der Waals surface area contributed by atoms with E-state index in [0.29, 0.717) is 100 Å². The molecule has 7 rings (SSSR count). The molecule has 0 aliphatic carbocycles. The Balaban J connectivity index is 1.28. The summed E-state index contributed by atoms with van der Waals surface area (Å²) < 4.78 is 183. The fourth-order valence-electron chi connectivity index (χ4n) is 9.91. The SMILES string of the molecule is COC(=O)NC(C(=O)NN(Cc1c(F)cc(-c2ccn(C(F)F)n2)cc1F)CC(OC(=O)OCOP(=O)(O)O)C(Cc1ccc(C#Cc2cnc(N3CC4CCC(C3)N4C3COC3)nc2)cc1)NC(=O)C(NC(=O)O)C(C)(C)C(F)(F)F)C(C)(C)C(F)(F)F. The lowest BCUT2D eigenvalue weighted by molar-refractivity contribution is -0.221. The van der Waals surface area contributed by atoms with E-state index in [-0.39, 0.29) is 10.2 Å². The Hall–Kier alpha value is -7.87. The Morgan fingerprint density at radius 1 is 0.820 bits per heavy atom. The van der Waals surface area contributed by atoms with Crippen LogP contribution in [0.25, 0.3) is 11.3 Å². The highest BCUT2D eigenvalue weighted by Gasteiger charge is 2.57. The number of fused-ring (bicyclic) bond motifs is 2. The number of benzene rings is 2. The summed E-state index contributed by atoms with van der Waals surface area (Å²) >= 11 is 0. The van der Waals surface area contributed by atoms with Crippen molar-refractivity contribution in [1.29, 1.82) is 0 Å². The number of hydrogen-bond acceptors (Lipinski definition) is 17. The molecule has 2 aromatic heterocycles. The van der Waals surface area contributed by atoms with Gasteiger partial charge in [0.25, 0.3) is 5.91 Å². The predicted octanol–water partition coefficient (Wildman–Crippen LogP) is 6.15. The van der Waals surface area contributed by atoms with Gasteiger partial charge in [-0.05, 0) is 82.9 Å². The van der Waals surface area contributed by atoms with Gasteiger partial charge in [0.05, 0.1) is 61.0 Å². The Bertz CT molecular complexity index is 3270. The lowest BCUT2D eigenvalue weighted by Gasteiger charge is -2.47. The molecule has 36 heteroatoms. The van der Waals surface area contributed by atoms with Crippen LogP contribution < -0.4 is 26.3 Å². The first kappa shape index (κ1) is 68.6. The van der Waals surface area contributed by atoms with Gasteiger partial charge in [0.2, 0.25) is 18.6 Å². The smallest absolute Gasteiger partial charge is 0.465 e. The molecule has 3 fully saturated rings. The van der Waals surface area contributed by atoms with Crippen LogP contribution in [0.3, 0.4) is 0 Å². The number of halogens is 10. The zero-order valence-corrected chi connectivity index (χ0v) is 48.5. The molecule has 486 valence electrons. The van der Waals surface area contributed by atoms with Gasteiger partial charge in [-0.15, -0.1) is 0 Å². The summed E-state index contributed by atoms with van der Waals surface area (Å²) in [5.41, 5.74) is -5.84. The van der Waals surface area contributed by atoms with Gasteiger partial charge in [0.15, 0.2) is 0 Å². The number of methoxy groups -OCH3 is 1. The zero-order chi connectivity index (χ0) is 65.6. The van der Waals surface area contributed by atoms with Gasteiger partial charge in [0, 0.05) is 67.0 Å². The molecule has 3 aliphatic rings. The number of ether oxygens (including phenoxy) is 4. The van der Waals surface area contributed by atoms with E-state index in [1.54, 1.807) is 5.32 Å². The van der Waals surface area contributed by atoms with E-state index in [1.807, 2.05) is 5.43 Å². The second kappa shape index (κ2) is 27.9. The van der Waals surface area contributed by atoms with Crippen LogP contribution in [0, 0.1) is 34.3 Å². The van der Waals surface area contributed by atoms with Gasteiger partial charge in [0.1, 0.15) is 29.8 Å². The average Bonchev–Trinajstić information content (AvgIpc) is 1.81. The highest BCUT2D eigenvalue weighted by atomic mass is 31.2. The minimum absolute atomic E-state index is 0.0591. The molecule has 2 bridgehead atoms. The van der Waals surface area contributed by atoms with Crippen molar-refractivity contribution in [3.8, 4) is 23.1 Å². The maximum Gasteiger partial charge on any atom is 0.510 e. The zero-order valence-electron chi connectivity index (χ0n) is 47.7. The van der Waals surface area contributed by atoms with Gasteiger partial charge in [-0.1, -0.05) is 24.0 Å². The molecule has 0 saturated carbocycles. The molecule has 4 aromatic rings. The van der Waals surface area contributed by atoms with Crippen LogP contribution in [0.4, 0.5) is 64.2 Å². The number of phosphoric ester groups is 1. The summed E-state index contributed by atoms with van der Waals surface area (Å²) in [5, 5.41) is 18.9. The van der Waals surface area contributed by atoms with Crippen molar-refractivity contribution in [2.24, 2.45) is 10.8 Å². The Labute approximate surface area is 499 Å². The molecule has 7 N–H and O–H groups in total. The molecule has 6 unspecified atom stereocenters. The standard InChI is InChI=1S/C53H60F10N11O14P/c1-50(2,52(58,59)60)41(67-47(77)78)43(75)66-39(16-29-9-6-28(7-10-29)8-11-30-19-64-46(65-20-30)71-21-32-12-13-33(22-71)74(32)34-25-85-26-34)40(88-49(80)86-27-87-89(81,82)83)24-72(70-44(76)42(68-48(79)84-5)51(3,4)53(61,62)63)23-35-36(54)17-31(18-37(35)55)38-14-15-73(69-38)45(56)57/h6-7,9-10,14-15,17-20,32-34,39-42,45,67H,12-13,16,21-27H2,1-5H3,(H,66,75)(H,68,79)(H,70,76)(H,77,78)(H2,81,82,83). The lowest BCUT2D eigenvalue weighted by Crippen LogP contribution is -2.64. The van der Waals surface area contributed by atoms with Crippen molar-refractivity contribution < 1.29 is 111 Å². The Morgan fingerprint density at radius 2 is 1.39 bits per heavy atom. The van der Waals surface area contributed by atoms with Crippen molar-refractivity contribution >= 4 is 43.9 Å². The fourth-order valence-corrected chi connectivity index (χ4v) is 10.1. The number of amides is 4. The number of hydrogen-bond donors (Lipinski definition) is 7. The van der Waals surface area contributed by atoms with Gasteiger partial charge in [-0.3, -0.25) is 19.9 Å². The summed E-state index contributed by atoms with van der Waals surface area (Å²) in [6.07, 6.45) is -13.8. The third-order valence-corrected chi connectivity index (χ3v) is 15.5. The molecule has 2 aromatic carbocycles. The number of alkyl halides is 8. The van der Waals surface area contributed by atoms with E-state index >= 15 is 8.78 Å². The molecule has 3 saturated heterocycles. The number of carboxylic acid groups (broad SMARTS) is 1. The van der Waals surface area contributed by atoms with Crippen LogP contribution in [-0.4, -0.2) is 176 Å². The molecule has 89 heavy (non-hydrogen) atoms. The molecular formula is C53H60F10N11O14P. The summed E-state index contributed by atoms with van der Waals surface area (Å²) in [6, 6.07) is 0.961. The predicted molar refractivity (Wildman–Crippen MR) is 286 cm³/mol. The third-order valence-electron chi connectivity index (χ3n) is 15.1. The third kappa shape index (κ3) is 17.3. The van der Waals surface area contributed by atoms with Gasteiger partial charge in [-0.2, -0.15) is 40.2 Å². The number of rotatable bonds is 23. The second-order valence-corrected chi connectivity index (χ2v) is 23.1. The number of alkyl carbamates (subject to hydrolysis) is 1. The molecular weight excluding hydrogens is 1240 g/mol. The molecule has 4 amide bonds. The van der Waals surface area contributed by atoms with Gasteiger partial charge in [-0.25, -0.2) is 51.9 Å². The first-order valence-electron chi connectivity index (χ1n) is 26.8. The maximum atomic E-state index is 16.3. The number of nitrogens with one attached hydrogen (secondary N) is 4. The lowest BCUT2D eigenvalue weighted by atomic mass is 9.82. The number of aromatic nitrogens is 4. The van der Waals surface area contributed by atoms with Crippen molar-refractivity contribution in [2.45, 2.75) is 115 Å². The minimum Gasteiger partial charge on any atom is -0.465 e. The summed E-state index contributed by atoms with van der Waals surface area (Å²) in [4.78, 5) is 98.8. The van der Waals surface area contributed by atoms with Crippen molar-refractivity contribution in [2.75, 3.05) is 51.7 Å². The molecule has 25 nitrogen and oxygen atoms in total. The van der Waals surface area contributed by atoms with Crippen LogP contribution in [-0.2, 0) is 50.6 Å². The monoisotopic (exact) mass is 1300 g/mol. The number of carbonyl (C=O) groups excluding carboxylic acids is 4. The maximum absolute atomic E-state index is 16.3. The summed E-state index contributed by atoms with van der Waals surface area (Å²) in [7, 11) is -4.72. The number of nitrogens with zero attached hydrogens (tertiary/aromatic N) is 7.